The molecule has 0 heterocycles. The number of rotatable bonds is 8. The molecule has 0 radical (unpaired) electrons. The third kappa shape index (κ3) is 5.32. The largest absolute Gasteiger partial charge is 0.464 e. The molecule has 4 rings (SSSR count). The van der Waals surface area contributed by atoms with E-state index in [1.54, 1.807) is 13.8 Å². The maximum atomic E-state index is 12.2. The van der Waals surface area contributed by atoms with Crippen molar-refractivity contribution >= 4 is 11.9 Å². The third-order valence-corrected chi connectivity index (χ3v) is 6.22. The van der Waals surface area contributed by atoms with E-state index in [1.807, 2.05) is 0 Å². The van der Waals surface area contributed by atoms with Crippen LogP contribution in [0.2, 0.25) is 0 Å². The highest BCUT2D eigenvalue weighted by Gasteiger charge is 2.61. The van der Waals surface area contributed by atoms with Crippen LogP contribution in [0.5, 0.6) is 0 Å². The van der Waals surface area contributed by atoms with Crippen molar-refractivity contribution in [3.8, 4) is 0 Å². The van der Waals surface area contributed by atoms with Crippen LogP contribution in [0.3, 0.4) is 0 Å². The number of halogens is 3. The number of hydrogen-bond donors (Lipinski definition) is 0. The van der Waals surface area contributed by atoms with Crippen LogP contribution in [0.4, 0.5) is 13.2 Å². The van der Waals surface area contributed by atoms with Crippen molar-refractivity contribution in [2.75, 3.05) is 6.61 Å². The molecule has 0 aromatic rings. The molecule has 29 heavy (non-hydrogen) atoms. The Morgan fingerprint density at radius 1 is 1.14 bits per heavy atom. The van der Waals surface area contributed by atoms with E-state index in [1.165, 1.54) is 0 Å². The average molecular weight is 418 g/mol. The van der Waals surface area contributed by atoms with Crippen molar-refractivity contribution in [2.24, 2.45) is 11.8 Å². The molecule has 3 atom stereocenters. The molecule has 4 fully saturated rings. The quantitative estimate of drug-likeness (QED) is 0.330. The molecule has 8 heteroatoms. The summed E-state index contributed by atoms with van der Waals surface area (Å²) in [6.45, 7) is 6.55. The third-order valence-electron chi connectivity index (χ3n) is 6.22. The maximum absolute atomic E-state index is 12.2. The Balaban J connectivity index is 1.59. The Labute approximate surface area is 168 Å². The zero-order chi connectivity index (χ0) is 21.4. The van der Waals surface area contributed by atoms with E-state index in [0.717, 1.165) is 32.1 Å². The Hall–Kier alpha value is -1.57. The van der Waals surface area contributed by atoms with E-state index >= 15 is 0 Å². The van der Waals surface area contributed by atoms with E-state index in [0.29, 0.717) is 23.8 Å². The smallest absolute Gasteiger partial charge is 0.389 e. The molecule has 0 N–H and O–H groups in total. The van der Waals surface area contributed by atoms with Crippen molar-refractivity contribution in [3.63, 3.8) is 0 Å². The summed E-state index contributed by atoms with van der Waals surface area (Å²) in [5.41, 5.74) is -0.799. The zero-order valence-electron chi connectivity index (χ0n) is 17.0. The Kier molecular flexibility index (Phi) is 6.05. The Morgan fingerprint density at radius 3 is 2.28 bits per heavy atom. The molecular formula is C21H29F3O5. The van der Waals surface area contributed by atoms with E-state index in [-0.39, 0.29) is 13.0 Å². The summed E-state index contributed by atoms with van der Waals surface area (Å²) in [6.07, 6.45) is -1.63. The van der Waals surface area contributed by atoms with Gasteiger partial charge in [0.05, 0.1) is 12.2 Å². The first kappa shape index (κ1) is 22.1. The lowest BCUT2D eigenvalue weighted by molar-refractivity contribution is -0.244. The first-order valence-electron chi connectivity index (χ1n) is 10.2. The van der Waals surface area contributed by atoms with Gasteiger partial charge in [-0.2, -0.15) is 13.2 Å². The van der Waals surface area contributed by atoms with Gasteiger partial charge in [-0.1, -0.05) is 6.58 Å². The second-order valence-corrected chi connectivity index (χ2v) is 9.14. The highest BCUT2D eigenvalue weighted by atomic mass is 19.4. The van der Waals surface area contributed by atoms with Gasteiger partial charge in [-0.25, -0.2) is 9.59 Å². The lowest BCUT2D eigenvalue weighted by atomic mass is 9.52. The molecule has 4 aliphatic carbocycles. The van der Waals surface area contributed by atoms with Crippen LogP contribution in [0, 0.1) is 11.8 Å². The summed E-state index contributed by atoms with van der Waals surface area (Å²) >= 11 is 0. The molecule has 164 valence electrons. The molecule has 5 nitrogen and oxygen atoms in total. The van der Waals surface area contributed by atoms with Gasteiger partial charge in [-0.05, 0) is 64.2 Å². The van der Waals surface area contributed by atoms with E-state index in [4.69, 9.17) is 14.2 Å². The van der Waals surface area contributed by atoms with Crippen LogP contribution in [0.25, 0.3) is 0 Å². The SMILES string of the molecule is C=C(C)C(=O)OC12CC3CC(C1)CC(OC(C)C(=O)OCCCC(F)(F)F)(C3)C2. The lowest BCUT2D eigenvalue weighted by Crippen LogP contribution is -2.62. The normalized spacial score (nSPS) is 34.0. The molecule has 4 aliphatic rings. The molecule has 0 spiro atoms. The fraction of sp³-hybridized carbons (Fsp3) is 0.810. The predicted molar refractivity (Wildman–Crippen MR) is 97.8 cm³/mol. The van der Waals surface area contributed by atoms with Gasteiger partial charge in [-0.15, -0.1) is 0 Å². The Bertz CT molecular complexity index is 658. The Morgan fingerprint density at radius 2 is 1.72 bits per heavy atom. The first-order chi connectivity index (χ1) is 13.4. The molecule has 0 saturated heterocycles. The second kappa shape index (κ2) is 7.93. The molecule has 0 aromatic carbocycles. The van der Waals surface area contributed by atoms with E-state index < -0.39 is 41.8 Å². The van der Waals surface area contributed by atoms with Crippen LogP contribution < -0.4 is 0 Å². The maximum Gasteiger partial charge on any atom is 0.389 e. The number of carbonyl (C=O) groups excluding carboxylic acids is 2. The average Bonchev–Trinajstić information content (AvgIpc) is 2.55. The molecule has 0 aromatic heterocycles. The molecule has 0 amide bonds. The minimum absolute atomic E-state index is 0.267. The first-order valence-corrected chi connectivity index (χ1v) is 10.2. The number of alkyl halides is 3. The van der Waals surface area contributed by atoms with Crippen LogP contribution in [0.1, 0.15) is 65.2 Å². The van der Waals surface area contributed by atoms with Gasteiger partial charge in [0.15, 0.2) is 6.10 Å². The number of carbonyl (C=O) groups is 2. The van der Waals surface area contributed by atoms with Crippen LogP contribution in [-0.2, 0) is 23.8 Å². The number of hydrogen-bond acceptors (Lipinski definition) is 5. The van der Waals surface area contributed by atoms with E-state index in [2.05, 4.69) is 6.58 Å². The summed E-state index contributed by atoms with van der Waals surface area (Å²) in [5, 5.41) is 0. The van der Waals surface area contributed by atoms with Gasteiger partial charge in [0.25, 0.3) is 0 Å². The summed E-state index contributed by atoms with van der Waals surface area (Å²) in [5.74, 6) is -0.330. The van der Waals surface area contributed by atoms with Crippen LogP contribution in [0.15, 0.2) is 12.2 Å². The van der Waals surface area contributed by atoms with Crippen molar-refractivity contribution in [1.82, 2.24) is 0 Å². The fourth-order valence-corrected chi connectivity index (χ4v) is 5.62. The fourth-order valence-electron chi connectivity index (χ4n) is 5.62. The summed E-state index contributed by atoms with van der Waals surface area (Å²) in [4.78, 5) is 24.4. The monoisotopic (exact) mass is 418 g/mol. The van der Waals surface area contributed by atoms with Gasteiger partial charge < -0.3 is 14.2 Å². The summed E-state index contributed by atoms with van der Waals surface area (Å²) in [7, 11) is 0. The van der Waals surface area contributed by atoms with Gasteiger partial charge in [0.2, 0.25) is 0 Å². The molecule has 3 unspecified atom stereocenters. The zero-order valence-corrected chi connectivity index (χ0v) is 17.0. The van der Waals surface area contributed by atoms with Crippen molar-refractivity contribution in [2.45, 2.75) is 88.7 Å². The lowest BCUT2D eigenvalue weighted by Gasteiger charge is -2.61. The topological polar surface area (TPSA) is 61.8 Å². The highest BCUT2D eigenvalue weighted by Crippen LogP contribution is 2.60. The molecule has 4 bridgehead atoms. The molecular weight excluding hydrogens is 389 g/mol. The molecule has 4 saturated carbocycles. The van der Waals surface area contributed by atoms with Gasteiger partial charge in [0.1, 0.15) is 5.60 Å². The van der Waals surface area contributed by atoms with Crippen molar-refractivity contribution in [3.05, 3.63) is 12.2 Å². The number of esters is 2. The van der Waals surface area contributed by atoms with Crippen molar-refractivity contribution in [1.29, 1.82) is 0 Å². The summed E-state index contributed by atoms with van der Waals surface area (Å²) < 4.78 is 53.6. The van der Waals surface area contributed by atoms with Crippen molar-refractivity contribution < 1.29 is 37.0 Å². The second-order valence-electron chi connectivity index (χ2n) is 9.14. The van der Waals surface area contributed by atoms with Gasteiger partial charge in [-0.3, -0.25) is 0 Å². The molecule has 0 aliphatic heterocycles. The minimum Gasteiger partial charge on any atom is -0.464 e. The minimum atomic E-state index is -4.26. The predicted octanol–water partition coefficient (Wildman–Crippen LogP) is 4.49. The highest BCUT2D eigenvalue weighted by molar-refractivity contribution is 5.87. The van der Waals surface area contributed by atoms with Gasteiger partial charge in [0, 0.05) is 18.4 Å². The van der Waals surface area contributed by atoms with Crippen LogP contribution in [-0.4, -0.2) is 42.0 Å². The standard InChI is InChI=1S/C21H29F3O5/c1-13(2)17(25)29-20-10-15-7-16(11-20)9-19(8-15,12-20)28-14(3)18(26)27-6-4-5-21(22,23)24/h14-16H,1,4-12H2,2-3H3. The summed E-state index contributed by atoms with van der Waals surface area (Å²) in [6, 6.07) is 0. The van der Waals surface area contributed by atoms with Crippen LogP contribution >= 0.6 is 0 Å². The van der Waals surface area contributed by atoms with E-state index in [9.17, 15) is 22.8 Å². The number of ether oxygens (including phenoxy) is 3. The van der Waals surface area contributed by atoms with Gasteiger partial charge >= 0.3 is 18.1 Å².